The summed E-state index contributed by atoms with van der Waals surface area (Å²) in [5, 5.41) is 2.80. The molecule has 1 amide bonds. The summed E-state index contributed by atoms with van der Waals surface area (Å²) >= 11 is 1.53. The summed E-state index contributed by atoms with van der Waals surface area (Å²) < 4.78 is 14.6. The molecule has 7 heteroatoms. The molecule has 1 unspecified atom stereocenters. The summed E-state index contributed by atoms with van der Waals surface area (Å²) in [5.41, 5.74) is 1.47. The van der Waals surface area contributed by atoms with Gasteiger partial charge in [0.05, 0.1) is 6.04 Å². The minimum atomic E-state index is -0.468. The number of carbonyl (C=O) groups is 1. The van der Waals surface area contributed by atoms with Gasteiger partial charge in [-0.25, -0.2) is 9.37 Å². The second-order valence-electron chi connectivity index (χ2n) is 6.52. The van der Waals surface area contributed by atoms with E-state index in [4.69, 9.17) is 0 Å². The third-order valence-corrected chi connectivity index (χ3v) is 5.92. The van der Waals surface area contributed by atoms with Crippen molar-refractivity contribution in [3.63, 3.8) is 0 Å². The zero-order valence-corrected chi connectivity index (χ0v) is 15.1. The van der Waals surface area contributed by atoms with Crippen LogP contribution in [0.2, 0.25) is 0 Å². The van der Waals surface area contributed by atoms with E-state index in [-0.39, 0.29) is 23.0 Å². The Hall–Kier alpha value is -2.54. The van der Waals surface area contributed by atoms with Crippen LogP contribution in [0.25, 0.3) is 4.96 Å². The van der Waals surface area contributed by atoms with E-state index in [0.29, 0.717) is 4.96 Å². The van der Waals surface area contributed by atoms with E-state index < -0.39 is 5.91 Å². The first-order valence-corrected chi connectivity index (χ1v) is 9.45. The van der Waals surface area contributed by atoms with Gasteiger partial charge < -0.3 is 5.32 Å². The molecule has 0 aliphatic heterocycles. The van der Waals surface area contributed by atoms with Gasteiger partial charge in [0.15, 0.2) is 4.96 Å². The van der Waals surface area contributed by atoms with E-state index in [1.54, 1.807) is 23.5 Å². The van der Waals surface area contributed by atoms with Crippen LogP contribution in [0.3, 0.4) is 0 Å². The molecule has 26 heavy (non-hydrogen) atoms. The Morgan fingerprint density at radius 2 is 2.00 bits per heavy atom. The Kier molecular flexibility index (Phi) is 4.32. The van der Waals surface area contributed by atoms with Crippen molar-refractivity contribution in [2.45, 2.75) is 38.6 Å². The molecule has 0 saturated carbocycles. The molecule has 0 bridgehead atoms. The molecule has 134 valence electrons. The summed E-state index contributed by atoms with van der Waals surface area (Å²) in [7, 11) is 0. The maximum absolute atomic E-state index is 13.0. The fourth-order valence-electron chi connectivity index (χ4n) is 3.33. The van der Waals surface area contributed by atoms with Crippen LogP contribution < -0.4 is 10.9 Å². The maximum atomic E-state index is 13.0. The predicted octanol–water partition coefficient (Wildman–Crippen LogP) is 3.26. The number of aromatic nitrogens is 2. The average Bonchev–Trinajstić information content (AvgIpc) is 3.01. The van der Waals surface area contributed by atoms with Crippen molar-refractivity contribution in [3.05, 3.63) is 68.3 Å². The smallest absolute Gasteiger partial charge is 0.271 e. The standard InChI is InChI=1S/C19H18FN3O2S/c1-11(12-6-8-13(20)9-7-12)22-17(24)14-10-21-19-23(18(14)25)15-4-2-3-5-16(15)26-19/h6-11H,2-5H2,1H3,(H,22,24). The van der Waals surface area contributed by atoms with E-state index in [1.807, 2.05) is 0 Å². The number of carbonyl (C=O) groups excluding carboxylic acids is 1. The van der Waals surface area contributed by atoms with Crippen LogP contribution in [0.1, 0.15) is 52.3 Å². The summed E-state index contributed by atoms with van der Waals surface area (Å²) in [4.78, 5) is 31.7. The molecule has 1 aromatic carbocycles. The molecule has 0 radical (unpaired) electrons. The number of benzene rings is 1. The number of rotatable bonds is 3. The first-order valence-electron chi connectivity index (χ1n) is 8.63. The van der Waals surface area contributed by atoms with Gasteiger partial charge in [-0.15, -0.1) is 11.3 Å². The van der Waals surface area contributed by atoms with E-state index in [2.05, 4.69) is 10.3 Å². The summed E-state index contributed by atoms with van der Waals surface area (Å²) in [6.45, 7) is 1.79. The van der Waals surface area contributed by atoms with E-state index in [0.717, 1.165) is 36.9 Å². The highest BCUT2D eigenvalue weighted by molar-refractivity contribution is 7.17. The molecule has 4 rings (SSSR count). The molecule has 0 spiro atoms. The average molecular weight is 371 g/mol. The number of fused-ring (bicyclic) bond motifs is 3. The zero-order chi connectivity index (χ0) is 18.3. The van der Waals surface area contributed by atoms with Crippen LogP contribution in [-0.2, 0) is 12.8 Å². The first-order chi connectivity index (χ1) is 12.5. The number of thiazole rings is 1. The van der Waals surface area contributed by atoms with Gasteiger partial charge in [-0.3, -0.25) is 14.0 Å². The molecule has 1 atom stereocenters. The summed E-state index contributed by atoms with van der Waals surface area (Å²) in [6, 6.07) is 5.57. The van der Waals surface area contributed by atoms with Gasteiger partial charge in [0.1, 0.15) is 11.4 Å². The van der Waals surface area contributed by atoms with Gasteiger partial charge in [-0.05, 0) is 50.3 Å². The molecule has 2 heterocycles. The Balaban J connectivity index is 1.65. The van der Waals surface area contributed by atoms with Crippen LogP contribution in [0.5, 0.6) is 0 Å². The molecule has 1 N–H and O–H groups in total. The van der Waals surface area contributed by atoms with Crippen molar-refractivity contribution >= 4 is 22.2 Å². The van der Waals surface area contributed by atoms with E-state index >= 15 is 0 Å². The number of aryl methyl sites for hydroxylation is 2. The number of amides is 1. The molecule has 0 saturated heterocycles. The highest BCUT2D eigenvalue weighted by Crippen LogP contribution is 2.28. The lowest BCUT2D eigenvalue weighted by atomic mass is 10.0. The quantitative estimate of drug-likeness (QED) is 0.769. The van der Waals surface area contributed by atoms with Gasteiger partial charge in [0, 0.05) is 16.8 Å². The Morgan fingerprint density at radius 1 is 1.27 bits per heavy atom. The third-order valence-electron chi connectivity index (χ3n) is 4.76. The van der Waals surface area contributed by atoms with Crippen LogP contribution in [0.15, 0.2) is 35.3 Å². The second kappa shape index (κ2) is 6.64. The molecule has 5 nitrogen and oxygen atoms in total. The normalized spacial score (nSPS) is 14.8. The fourth-order valence-corrected chi connectivity index (χ4v) is 4.50. The minimum absolute atomic E-state index is 0.0302. The van der Waals surface area contributed by atoms with Crippen molar-refractivity contribution in [1.29, 1.82) is 0 Å². The monoisotopic (exact) mass is 371 g/mol. The van der Waals surface area contributed by atoms with Gasteiger partial charge in [0.2, 0.25) is 0 Å². The lowest BCUT2D eigenvalue weighted by molar-refractivity contribution is 0.0938. The van der Waals surface area contributed by atoms with Crippen molar-refractivity contribution in [3.8, 4) is 0 Å². The van der Waals surface area contributed by atoms with Crippen LogP contribution in [-0.4, -0.2) is 15.3 Å². The molecule has 2 aromatic heterocycles. The Bertz CT molecular complexity index is 1040. The van der Waals surface area contributed by atoms with Gasteiger partial charge in [-0.1, -0.05) is 12.1 Å². The van der Waals surface area contributed by atoms with Crippen molar-refractivity contribution < 1.29 is 9.18 Å². The maximum Gasteiger partial charge on any atom is 0.271 e. The molecular weight excluding hydrogens is 353 g/mol. The van der Waals surface area contributed by atoms with Gasteiger partial charge in [-0.2, -0.15) is 0 Å². The lowest BCUT2D eigenvalue weighted by Crippen LogP contribution is -2.33. The number of nitrogens with zero attached hydrogens (tertiary/aromatic N) is 2. The lowest BCUT2D eigenvalue weighted by Gasteiger charge is -2.14. The van der Waals surface area contributed by atoms with E-state index in [1.165, 1.54) is 34.5 Å². The highest BCUT2D eigenvalue weighted by atomic mass is 32.1. The molecule has 1 aliphatic rings. The predicted molar refractivity (Wildman–Crippen MR) is 98.3 cm³/mol. The van der Waals surface area contributed by atoms with Crippen LogP contribution in [0.4, 0.5) is 4.39 Å². The second-order valence-corrected chi connectivity index (χ2v) is 7.58. The van der Waals surface area contributed by atoms with Crippen molar-refractivity contribution in [2.75, 3.05) is 0 Å². The number of hydrogen-bond donors (Lipinski definition) is 1. The van der Waals surface area contributed by atoms with Crippen LogP contribution >= 0.6 is 11.3 Å². The Morgan fingerprint density at radius 3 is 2.77 bits per heavy atom. The molecule has 3 aromatic rings. The summed E-state index contributed by atoms with van der Waals surface area (Å²) in [5.74, 6) is -0.799. The minimum Gasteiger partial charge on any atom is -0.345 e. The Labute approximate surface area is 153 Å². The third kappa shape index (κ3) is 2.92. The van der Waals surface area contributed by atoms with Gasteiger partial charge in [0.25, 0.3) is 11.5 Å². The molecule has 0 fully saturated rings. The zero-order valence-electron chi connectivity index (χ0n) is 14.3. The summed E-state index contributed by atoms with van der Waals surface area (Å²) in [6.07, 6.45) is 5.33. The van der Waals surface area contributed by atoms with Gasteiger partial charge >= 0.3 is 0 Å². The number of nitrogens with one attached hydrogen (secondary N) is 1. The fraction of sp³-hybridized carbons (Fsp3) is 0.316. The SMILES string of the molecule is CC(NC(=O)c1cnc2sc3c(n2c1=O)CCCC3)c1ccc(F)cc1. The van der Waals surface area contributed by atoms with Crippen LogP contribution in [0, 0.1) is 5.82 Å². The van der Waals surface area contributed by atoms with Crippen molar-refractivity contribution in [2.24, 2.45) is 0 Å². The number of halogens is 1. The topological polar surface area (TPSA) is 63.5 Å². The molecule has 1 aliphatic carbocycles. The van der Waals surface area contributed by atoms with E-state index in [9.17, 15) is 14.0 Å². The largest absolute Gasteiger partial charge is 0.345 e. The number of hydrogen-bond acceptors (Lipinski definition) is 4. The van der Waals surface area contributed by atoms with Crippen molar-refractivity contribution in [1.82, 2.24) is 14.7 Å². The highest BCUT2D eigenvalue weighted by Gasteiger charge is 2.22. The molecular formula is C19H18FN3O2S. The first kappa shape index (κ1) is 16.9.